The average molecular weight is 324 g/mol. The number of hydrogen-bond acceptors (Lipinski definition) is 5. The molecule has 3 rings (SSSR count). The van der Waals surface area contributed by atoms with E-state index < -0.39 is 0 Å². The molecule has 0 aliphatic rings. The van der Waals surface area contributed by atoms with Crippen molar-refractivity contribution in [2.24, 2.45) is 5.92 Å². The number of anilines is 1. The highest BCUT2D eigenvalue weighted by molar-refractivity contribution is 5.84. The third kappa shape index (κ3) is 3.05. The molecule has 0 saturated carbocycles. The van der Waals surface area contributed by atoms with Gasteiger partial charge in [-0.1, -0.05) is 44.2 Å². The van der Waals surface area contributed by atoms with Gasteiger partial charge in [0.15, 0.2) is 11.5 Å². The summed E-state index contributed by atoms with van der Waals surface area (Å²) in [4.78, 5) is 12.0. The Bertz CT molecular complexity index is 843. The molecule has 0 aliphatic heterocycles. The lowest BCUT2D eigenvalue weighted by Gasteiger charge is -2.21. The molecule has 1 unspecified atom stereocenters. The van der Waals surface area contributed by atoms with Crippen LogP contribution in [0.2, 0.25) is 0 Å². The van der Waals surface area contributed by atoms with Crippen molar-refractivity contribution in [1.29, 1.82) is 0 Å². The van der Waals surface area contributed by atoms with Crippen LogP contribution in [0, 0.1) is 5.92 Å². The zero-order valence-corrected chi connectivity index (χ0v) is 13.9. The quantitative estimate of drug-likeness (QED) is 0.749. The second kappa shape index (κ2) is 6.66. The summed E-state index contributed by atoms with van der Waals surface area (Å²) >= 11 is 0. The predicted molar refractivity (Wildman–Crippen MR) is 92.5 cm³/mol. The Morgan fingerprint density at radius 2 is 1.83 bits per heavy atom. The van der Waals surface area contributed by atoms with Crippen LogP contribution in [0.25, 0.3) is 17.0 Å². The van der Waals surface area contributed by atoms with Gasteiger partial charge in [0.25, 0.3) is 0 Å². The zero-order valence-electron chi connectivity index (χ0n) is 13.9. The molecule has 2 heterocycles. The van der Waals surface area contributed by atoms with Crippen LogP contribution in [0.1, 0.15) is 13.8 Å². The molecule has 3 aromatic rings. The first-order valence-electron chi connectivity index (χ1n) is 7.86. The predicted octanol–water partition coefficient (Wildman–Crippen LogP) is 1.97. The minimum absolute atomic E-state index is 0.0704. The molecule has 7 nitrogen and oxygen atoms in total. The molecule has 2 aromatic heterocycles. The highest BCUT2D eigenvalue weighted by Crippen LogP contribution is 2.18. The molecule has 0 aliphatic carbocycles. The van der Waals surface area contributed by atoms with Crippen LogP contribution in [-0.2, 0) is 4.79 Å². The van der Waals surface area contributed by atoms with Gasteiger partial charge in [-0.2, -0.15) is 4.52 Å². The number of benzene rings is 1. The van der Waals surface area contributed by atoms with Crippen molar-refractivity contribution >= 4 is 17.4 Å². The minimum atomic E-state index is -0.364. The number of rotatable bonds is 5. The van der Waals surface area contributed by atoms with E-state index in [0.29, 0.717) is 17.3 Å². The van der Waals surface area contributed by atoms with Gasteiger partial charge in [-0.3, -0.25) is 4.79 Å². The van der Waals surface area contributed by atoms with Crippen molar-refractivity contribution < 1.29 is 4.79 Å². The Labute approximate surface area is 140 Å². The molecule has 0 saturated heterocycles. The Balaban J connectivity index is 1.97. The highest BCUT2D eigenvalue weighted by atomic mass is 16.2. The van der Waals surface area contributed by atoms with Crippen LogP contribution in [-0.4, -0.2) is 38.8 Å². The van der Waals surface area contributed by atoms with Gasteiger partial charge in [-0.15, -0.1) is 15.3 Å². The number of carbonyl (C=O) groups is 1. The van der Waals surface area contributed by atoms with E-state index in [-0.39, 0.29) is 17.9 Å². The van der Waals surface area contributed by atoms with Crippen LogP contribution in [0.3, 0.4) is 0 Å². The van der Waals surface area contributed by atoms with Crippen LogP contribution >= 0.6 is 0 Å². The van der Waals surface area contributed by atoms with Crippen molar-refractivity contribution in [3.63, 3.8) is 0 Å². The van der Waals surface area contributed by atoms with Crippen LogP contribution in [0.15, 0.2) is 42.5 Å². The number of nitrogens with one attached hydrogen (secondary N) is 2. The summed E-state index contributed by atoms with van der Waals surface area (Å²) in [7, 11) is 1.63. The number of nitrogens with zero attached hydrogens (tertiary/aromatic N) is 4. The van der Waals surface area contributed by atoms with Gasteiger partial charge < -0.3 is 10.6 Å². The molecular formula is C17H20N6O. The first-order valence-corrected chi connectivity index (χ1v) is 7.86. The third-order valence-corrected chi connectivity index (χ3v) is 3.79. The van der Waals surface area contributed by atoms with Crippen molar-refractivity contribution in [2.45, 2.75) is 19.9 Å². The molecule has 0 spiro atoms. The molecule has 24 heavy (non-hydrogen) atoms. The smallest absolute Gasteiger partial charge is 0.242 e. The third-order valence-electron chi connectivity index (χ3n) is 3.79. The monoisotopic (exact) mass is 324 g/mol. The summed E-state index contributed by atoms with van der Waals surface area (Å²) in [6.45, 7) is 3.97. The van der Waals surface area contributed by atoms with Crippen molar-refractivity contribution in [3.05, 3.63) is 42.5 Å². The number of amides is 1. The Kier molecular flexibility index (Phi) is 4.41. The standard InChI is InChI=1S/C17H20N6O/c1-11(2)15(17(24)18-3)19-13-9-10-14-20-21-16(23(14)22-13)12-7-5-4-6-8-12/h4-11,15H,1-3H3,(H,18,24)(H,19,22). The van der Waals surface area contributed by atoms with Crippen LogP contribution in [0.4, 0.5) is 5.82 Å². The molecule has 2 N–H and O–H groups in total. The topological polar surface area (TPSA) is 84.2 Å². The van der Waals surface area contributed by atoms with E-state index in [1.807, 2.05) is 50.2 Å². The molecule has 0 radical (unpaired) electrons. The fraction of sp³-hybridized carbons (Fsp3) is 0.294. The number of aromatic nitrogens is 4. The molecule has 7 heteroatoms. The van der Waals surface area contributed by atoms with Gasteiger partial charge in [0, 0.05) is 12.6 Å². The Hall–Kier alpha value is -2.96. The lowest BCUT2D eigenvalue weighted by molar-refractivity contribution is -0.122. The maximum absolute atomic E-state index is 12.0. The van der Waals surface area contributed by atoms with Crippen molar-refractivity contribution in [1.82, 2.24) is 25.1 Å². The fourth-order valence-electron chi connectivity index (χ4n) is 2.48. The van der Waals surface area contributed by atoms with Gasteiger partial charge >= 0.3 is 0 Å². The number of fused-ring (bicyclic) bond motifs is 1. The van der Waals surface area contributed by atoms with Crippen LogP contribution < -0.4 is 10.6 Å². The fourth-order valence-corrected chi connectivity index (χ4v) is 2.48. The largest absolute Gasteiger partial charge is 0.357 e. The van der Waals surface area contributed by atoms with E-state index in [1.165, 1.54) is 0 Å². The van der Waals surface area contributed by atoms with Gasteiger partial charge in [0.1, 0.15) is 11.9 Å². The van der Waals surface area contributed by atoms with Crippen LogP contribution in [0.5, 0.6) is 0 Å². The summed E-state index contributed by atoms with van der Waals surface area (Å²) in [6.07, 6.45) is 0. The highest BCUT2D eigenvalue weighted by Gasteiger charge is 2.21. The van der Waals surface area contributed by atoms with E-state index in [1.54, 1.807) is 17.6 Å². The maximum atomic E-state index is 12.0. The van der Waals surface area contributed by atoms with Gasteiger partial charge in [0.05, 0.1) is 0 Å². The van der Waals surface area contributed by atoms with Crippen molar-refractivity contribution in [2.75, 3.05) is 12.4 Å². The summed E-state index contributed by atoms with van der Waals surface area (Å²) < 4.78 is 1.68. The maximum Gasteiger partial charge on any atom is 0.242 e. The van der Waals surface area contributed by atoms with E-state index in [4.69, 9.17) is 0 Å². The molecule has 0 fully saturated rings. The number of likely N-dealkylation sites (N-methyl/N-ethyl adjacent to an activating group) is 1. The number of hydrogen-bond donors (Lipinski definition) is 2. The van der Waals surface area contributed by atoms with Gasteiger partial charge in [-0.05, 0) is 18.1 Å². The van der Waals surface area contributed by atoms with Crippen molar-refractivity contribution in [3.8, 4) is 11.4 Å². The molecule has 1 atom stereocenters. The Morgan fingerprint density at radius 3 is 2.50 bits per heavy atom. The number of carbonyl (C=O) groups excluding carboxylic acids is 1. The minimum Gasteiger partial charge on any atom is -0.357 e. The molecule has 0 bridgehead atoms. The molecular weight excluding hydrogens is 304 g/mol. The van der Waals surface area contributed by atoms with E-state index in [9.17, 15) is 4.79 Å². The molecule has 124 valence electrons. The normalized spacial score (nSPS) is 12.3. The Morgan fingerprint density at radius 1 is 1.08 bits per heavy atom. The zero-order chi connectivity index (χ0) is 17.1. The summed E-state index contributed by atoms with van der Waals surface area (Å²) in [6, 6.07) is 13.0. The average Bonchev–Trinajstić information content (AvgIpc) is 3.02. The van der Waals surface area contributed by atoms with E-state index in [0.717, 1.165) is 5.56 Å². The second-order valence-electron chi connectivity index (χ2n) is 5.86. The van der Waals surface area contributed by atoms with Gasteiger partial charge in [0.2, 0.25) is 5.91 Å². The second-order valence-corrected chi connectivity index (χ2v) is 5.86. The first-order chi connectivity index (χ1) is 11.6. The van der Waals surface area contributed by atoms with Gasteiger partial charge in [-0.25, -0.2) is 0 Å². The lowest BCUT2D eigenvalue weighted by atomic mass is 10.0. The summed E-state index contributed by atoms with van der Waals surface area (Å²) in [5.41, 5.74) is 1.59. The summed E-state index contributed by atoms with van der Waals surface area (Å²) in [5.74, 6) is 1.31. The first kappa shape index (κ1) is 15.9. The molecule has 1 aromatic carbocycles. The lowest BCUT2D eigenvalue weighted by Crippen LogP contribution is -2.41. The molecule has 1 amide bonds. The summed E-state index contributed by atoms with van der Waals surface area (Å²) in [5, 5.41) is 18.8. The van der Waals surface area contributed by atoms with E-state index >= 15 is 0 Å². The SMILES string of the molecule is CNC(=O)C(Nc1ccc2nnc(-c3ccccc3)n2n1)C(C)C. The van der Waals surface area contributed by atoms with E-state index in [2.05, 4.69) is 25.9 Å².